The second kappa shape index (κ2) is 8.28. The van der Waals surface area contributed by atoms with Crippen molar-refractivity contribution >= 4 is 44.2 Å². The molecule has 0 bridgehead atoms. The summed E-state index contributed by atoms with van der Waals surface area (Å²) in [5.41, 5.74) is 3.35. The Kier molecular flexibility index (Phi) is 5.33. The molecule has 1 amide bonds. The molecule has 1 atom stereocenters. The first-order chi connectivity index (χ1) is 15.1. The van der Waals surface area contributed by atoms with Crippen LogP contribution in [0.4, 0.5) is 5.82 Å². The maximum Gasteiger partial charge on any atom is 0.264 e. The number of thiophene rings is 1. The van der Waals surface area contributed by atoms with Gasteiger partial charge >= 0.3 is 0 Å². The number of aromatic amines is 1. The predicted octanol–water partition coefficient (Wildman–Crippen LogP) is 4.00. The number of hydrogen-bond acceptors (Lipinski definition) is 6. The Morgan fingerprint density at radius 3 is 3.06 bits per heavy atom. The fourth-order valence-electron chi connectivity index (χ4n) is 4.22. The first-order valence-corrected chi connectivity index (χ1v) is 11.3. The smallest absolute Gasteiger partial charge is 0.264 e. The average Bonchev–Trinajstić information content (AvgIpc) is 3.53. The van der Waals surface area contributed by atoms with Gasteiger partial charge in [-0.05, 0) is 37.0 Å². The number of ether oxygens (including phenoxy) is 1. The van der Waals surface area contributed by atoms with Gasteiger partial charge in [-0.1, -0.05) is 18.2 Å². The number of amides is 1. The quantitative estimate of drug-likeness (QED) is 0.478. The molecule has 1 fully saturated rings. The summed E-state index contributed by atoms with van der Waals surface area (Å²) in [5.74, 6) is 0.810. The highest BCUT2D eigenvalue weighted by atomic mass is 32.1. The molecule has 1 unspecified atom stereocenters. The van der Waals surface area contributed by atoms with Crippen molar-refractivity contribution in [2.45, 2.75) is 25.8 Å². The van der Waals surface area contributed by atoms with Gasteiger partial charge in [-0.3, -0.25) is 4.79 Å². The number of fused-ring (bicyclic) bond motifs is 2. The number of carbonyl (C=O) groups excluding carboxylic acids is 1. The SMILES string of the molecule is Cc1c(C(=O)N(C)C2CCOC2)sc2ncnc(NCCc3c[nH]c4ccccc34)c12. The highest BCUT2D eigenvalue weighted by molar-refractivity contribution is 7.20. The summed E-state index contributed by atoms with van der Waals surface area (Å²) in [6.45, 7) is 4.04. The lowest BCUT2D eigenvalue weighted by Crippen LogP contribution is -2.37. The minimum absolute atomic E-state index is 0.0285. The molecule has 0 radical (unpaired) electrons. The van der Waals surface area contributed by atoms with E-state index in [0.29, 0.717) is 13.2 Å². The monoisotopic (exact) mass is 435 g/mol. The molecule has 1 aliphatic heterocycles. The van der Waals surface area contributed by atoms with Crippen LogP contribution in [0.25, 0.3) is 21.1 Å². The zero-order valence-electron chi connectivity index (χ0n) is 17.6. The van der Waals surface area contributed by atoms with Crippen LogP contribution >= 0.6 is 11.3 Å². The van der Waals surface area contributed by atoms with Gasteiger partial charge in [0.2, 0.25) is 0 Å². The number of anilines is 1. The number of hydrogen-bond donors (Lipinski definition) is 2. The number of para-hydroxylation sites is 1. The summed E-state index contributed by atoms with van der Waals surface area (Å²) in [5, 5.41) is 5.65. The Balaban J connectivity index is 1.36. The number of aryl methyl sites for hydroxylation is 1. The summed E-state index contributed by atoms with van der Waals surface area (Å²) in [6, 6.07) is 8.45. The largest absolute Gasteiger partial charge is 0.379 e. The molecule has 1 saturated heterocycles. The van der Waals surface area contributed by atoms with Crippen LogP contribution in [0, 0.1) is 6.92 Å². The number of nitrogens with one attached hydrogen (secondary N) is 2. The first kappa shape index (κ1) is 20.0. The van der Waals surface area contributed by atoms with E-state index in [9.17, 15) is 4.79 Å². The number of nitrogens with zero attached hydrogens (tertiary/aromatic N) is 3. The Hall–Kier alpha value is -2.97. The molecule has 1 aliphatic rings. The summed E-state index contributed by atoms with van der Waals surface area (Å²) in [7, 11) is 1.86. The highest BCUT2D eigenvalue weighted by Crippen LogP contribution is 2.34. The molecule has 8 heteroatoms. The fourth-order valence-corrected chi connectivity index (χ4v) is 5.35. The summed E-state index contributed by atoms with van der Waals surface area (Å²) < 4.78 is 5.45. The minimum atomic E-state index is 0.0285. The van der Waals surface area contributed by atoms with E-state index in [1.54, 1.807) is 6.33 Å². The second-order valence-electron chi connectivity index (χ2n) is 7.93. The van der Waals surface area contributed by atoms with Crippen LogP contribution in [0.1, 0.15) is 27.2 Å². The van der Waals surface area contributed by atoms with Crippen LogP contribution in [-0.4, -0.2) is 58.6 Å². The van der Waals surface area contributed by atoms with Crippen LogP contribution in [0.15, 0.2) is 36.8 Å². The predicted molar refractivity (Wildman–Crippen MR) is 124 cm³/mol. The van der Waals surface area contributed by atoms with Gasteiger partial charge in [0.15, 0.2) is 0 Å². The van der Waals surface area contributed by atoms with Crippen molar-refractivity contribution < 1.29 is 9.53 Å². The number of benzene rings is 1. The molecular formula is C23H25N5O2S. The molecular weight excluding hydrogens is 410 g/mol. The molecule has 1 aromatic carbocycles. The van der Waals surface area contributed by atoms with Crippen molar-refractivity contribution in [1.29, 1.82) is 0 Å². The number of H-pyrrole nitrogens is 1. The lowest BCUT2D eigenvalue weighted by atomic mass is 10.1. The van der Waals surface area contributed by atoms with Gasteiger partial charge in [-0.2, -0.15) is 0 Å². The van der Waals surface area contributed by atoms with Crippen molar-refractivity contribution in [2.24, 2.45) is 0 Å². The van der Waals surface area contributed by atoms with E-state index >= 15 is 0 Å². The Morgan fingerprint density at radius 2 is 2.23 bits per heavy atom. The van der Waals surface area contributed by atoms with E-state index in [-0.39, 0.29) is 11.9 Å². The topological polar surface area (TPSA) is 83.1 Å². The zero-order valence-corrected chi connectivity index (χ0v) is 18.5. The molecule has 7 nitrogen and oxygen atoms in total. The van der Waals surface area contributed by atoms with Gasteiger partial charge < -0.3 is 19.9 Å². The lowest BCUT2D eigenvalue weighted by molar-refractivity contribution is 0.0715. The summed E-state index contributed by atoms with van der Waals surface area (Å²) in [4.78, 5) is 28.7. The Labute approximate surface area is 184 Å². The molecule has 160 valence electrons. The van der Waals surface area contributed by atoms with E-state index in [2.05, 4.69) is 44.7 Å². The van der Waals surface area contributed by atoms with Gasteiger partial charge in [0, 0.05) is 37.3 Å². The van der Waals surface area contributed by atoms with Gasteiger partial charge in [-0.15, -0.1) is 11.3 Å². The second-order valence-corrected chi connectivity index (χ2v) is 8.93. The average molecular weight is 436 g/mol. The lowest BCUT2D eigenvalue weighted by Gasteiger charge is -2.22. The molecule has 4 aromatic rings. The number of carbonyl (C=O) groups is 1. The Morgan fingerprint density at radius 1 is 1.35 bits per heavy atom. The van der Waals surface area contributed by atoms with E-state index < -0.39 is 0 Å². The first-order valence-electron chi connectivity index (χ1n) is 10.5. The van der Waals surface area contributed by atoms with Crippen LogP contribution < -0.4 is 5.32 Å². The molecule has 0 aliphatic carbocycles. The van der Waals surface area contributed by atoms with Crippen molar-refractivity contribution in [2.75, 3.05) is 32.1 Å². The van der Waals surface area contributed by atoms with E-state index in [1.165, 1.54) is 22.3 Å². The molecule has 0 spiro atoms. The standard InChI is InChI=1S/C23H25N5O2S/c1-14-19-21(24-9-7-15-11-25-18-6-4-3-5-17(15)18)26-13-27-22(19)31-20(14)23(29)28(2)16-8-10-30-12-16/h3-6,11,13,16,25H,7-10,12H2,1-2H3,(H,24,26,27). The summed E-state index contributed by atoms with van der Waals surface area (Å²) >= 11 is 1.44. The third-order valence-corrected chi connectivity index (χ3v) is 7.24. The minimum Gasteiger partial charge on any atom is -0.379 e. The van der Waals surface area contributed by atoms with Gasteiger partial charge in [0.25, 0.3) is 5.91 Å². The molecule has 3 aromatic heterocycles. The molecule has 5 rings (SSSR count). The molecule has 31 heavy (non-hydrogen) atoms. The van der Waals surface area contributed by atoms with E-state index in [1.807, 2.05) is 24.9 Å². The van der Waals surface area contributed by atoms with E-state index in [0.717, 1.165) is 51.4 Å². The highest BCUT2D eigenvalue weighted by Gasteiger charge is 2.28. The third-order valence-electron chi connectivity index (χ3n) is 6.06. The van der Waals surface area contributed by atoms with Crippen LogP contribution in [0.3, 0.4) is 0 Å². The van der Waals surface area contributed by atoms with Crippen molar-refractivity contribution in [3.8, 4) is 0 Å². The molecule has 2 N–H and O–H groups in total. The normalized spacial score (nSPS) is 16.3. The van der Waals surface area contributed by atoms with Crippen LogP contribution in [0.5, 0.6) is 0 Å². The van der Waals surface area contributed by atoms with Gasteiger partial charge in [-0.25, -0.2) is 9.97 Å². The number of likely N-dealkylation sites (N-methyl/N-ethyl adjacent to an activating group) is 1. The third kappa shape index (κ3) is 3.66. The van der Waals surface area contributed by atoms with Crippen LogP contribution in [0.2, 0.25) is 0 Å². The Bertz CT molecular complexity index is 1240. The fraction of sp³-hybridized carbons (Fsp3) is 0.348. The number of rotatable bonds is 6. The molecule has 0 saturated carbocycles. The number of aromatic nitrogens is 3. The van der Waals surface area contributed by atoms with Gasteiger partial charge in [0.1, 0.15) is 17.0 Å². The van der Waals surface area contributed by atoms with Crippen LogP contribution in [-0.2, 0) is 11.2 Å². The maximum absolute atomic E-state index is 13.1. The van der Waals surface area contributed by atoms with E-state index in [4.69, 9.17) is 4.74 Å². The zero-order chi connectivity index (χ0) is 21.4. The van der Waals surface area contributed by atoms with Crippen molar-refractivity contribution in [3.05, 3.63) is 52.8 Å². The summed E-state index contributed by atoms with van der Waals surface area (Å²) in [6.07, 6.45) is 5.38. The van der Waals surface area contributed by atoms with Crippen molar-refractivity contribution in [3.63, 3.8) is 0 Å². The van der Waals surface area contributed by atoms with Crippen molar-refractivity contribution in [1.82, 2.24) is 19.9 Å². The maximum atomic E-state index is 13.1. The molecule has 4 heterocycles. The van der Waals surface area contributed by atoms with Gasteiger partial charge in [0.05, 0.1) is 22.9 Å².